The summed E-state index contributed by atoms with van der Waals surface area (Å²) < 4.78 is 25.4. The lowest BCUT2D eigenvalue weighted by Crippen LogP contribution is -2.23. The molecule has 0 spiro atoms. The molecule has 0 saturated heterocycles. The largest absolute Gasteiger partial charge is 0.348 e. The number of sulfonamides is 1. The summed E-state index contributed by atoms with van der Waals surface area (Å²) in [5.41, 5.74) is 2.77. The van der Waals surface area contributed by atoms with E-state index in [-0.39, 0.29) is 11.7 Å². The summed E-state index contributed by atoms with van der Waals surface area (Å²) in [4.78, 5) is 16.8. The van der Waals surface area contributed by atoms with Crippen molar-refractivity contribution in [2.24, 2.45) is 0 Å². The van der Waals surface area contributed by atoms with Crippen LogP contribution in [-0.4, -0.2) is 26.4 Å². The Balaban J connectivity index is 1.68. The van der Waals surface area contributed by atoms with Gasteiger partial charge in [0.2, 0.25) is 10.0 Å². The van der Waals surface area contributed by atoms with Gasteiger partial charge in [-0.05, 0) is 30.3 Å². The zero-order chi connectivity index (χ0) is 18.6. The lowest BCUT2D eigenvalue weighted by atomic mass is 10.1. The molecule has 0 atom stereocenters. The highest BCUT2D eigenvalue weighted by molar-refractivity contribution is 7.88. The van der Waals surface area contributed by atoms with Gasteiger partial charge in [-0.15, -0.1) is 0 Å². The Hall–Kier alpha value is -2.77. The topological polar surface area (TPSA) is 88.2 Å². The van der Waals surface area contributed by atoms with E-state index in [2.05, 4.69) is 15.0 Å². The Morgan fingerprint density at radius 1 is 1.00 bits per heavy atom. The second-order valence-corrected chi connectivity index (χ2v) is 7.77. The molecule has 0 radical (unpaired) electrons. The number of hydrogen-bond acceptors (Lipinski definition) is 4. The number of amides is 1. The number of benzene rings is 2. The number of para-hydroxylation sites is 1. The van der Waals surface area contributed by atoms with E-state index in [4.69, 9.17) is 0 Å². The maximum absolute atomic E-state index is 12.5. The van der Waals surface area contributed by atoms with Gasteiger partial charge in [-0.1, -0.05) is 42.5 Å². The van der Waals surface area contributed by atoms with E-state index in [0.29, 0.717) is 23.2 Å². The highest BCUT2D eigenvalue weighted by Gasteiger charge is 2.11. The summed E-state index contributed by atoms with van der Waals surface area (Å²) in [6.07, 6.45) is 1.66. The van der Waals surface area contributed by atoms with Gasteiger partial charge in [0.1, 0.15) is 0 Å². The van der Waals surface area contributed by atoms with E-state index in [1.54, 1.807) is 24.4 Å². The molecule has 3 aromatic rings. The van der Waals surface area contributed by atoms with Crippen molar-refractivity contribution >= 4 is 26.8 Å². The Morgan fingerprint density at radius 3 is 2.42 bits per heavy atom. The maximum atomic E-state index is 12.5. The van der Waals surface area contributed by atoms with Gasteiger partial charge < -0.3 is 5.32 Å². The van der Waals surface area contributed by atoms with Crippen LogP contribution in [0.5, 0.6) is 0 Å². The first-order valence-corrected chi connectivity index (χ1v) is 9.75. The minimum atomic E-state index is -3.29. The molecule has 0 aliphatic carbocycles. The molecule has 0 aliphatic rings. The number of pyridine rings is 1. The van der Waals surface area contributed by atoms with E-state index < -0.39 is 10.0 Å². The van der Waals surface area contributed by atoms with Gasteiger partial charge in [-0.2, -0.15) is 0 Å². The monoisotopic (exact) mass is 369 g/mol. The molecule has 1 heterocycles. The fourth-order valence-electron chi connectivity index (χ4n) is 2.61. The van der Waals surface area contributed by atoms with Gasteiger partial charge >= 0.3 is 0 Å². The Labute approximate surface area is 152 Å². The van der Waals surface area contributed by atoms with Gasteiger partial charge in [0, 0.05) is 18.1 Å². The van der Waals surface area contributed by atoms with Gasteiger partial charge in [-0.25, -0.2) is 13.1 Å². The van der Waals surface area contributed by atoms with Gasteiger partial charge in [0.05, 0.1) is 16.8 Å². The molecule has 7 heteroatoms. The molecule has 2 aromatic carbocycles. The molecule has 1 amide bonds. The quantitative estimate of drug-likeness (QED) is 0.697. The van der Waals surface area contributed by atoms with Crippen molar-refractivity contribution in [3.8, 4) is 0 Å². The number of carbonyl (C=O) groups is 1. The second kappa shape index (κ2) is 7.63. The SMILES string of the molecule is CNS(=O)(=O)Cc1ccc(CNC(=O)c2cccc3cccnc23)cc1. The fraction of sp³-hybridized carbons (Fsp3) is 0.158. The third-order valence-corrected chi connectivity index (χ3v) is 5.36. The van der Waals surface area contributed by atoms with Crippen molar-refractivity contribution in [1.82, 2.24) is 15.0 Å². The van der Waals surface area contributed by atoms with Crippen molar-refractivity contribution in [2.75, 3.05) is 7.05 Å². The average molecular weight is 369 g/mol. The number of aromatic nitrogens is 1. The number of hydrogen-bond donors (Lipinski definition) is 2. The standard InChI is InChI=1S/C19H19N3O3S/c1-20-26(24,25)13-15-9-7-14(8-10-15)12-22-19(23)17-6-2-4-16-5-3-11-21-18(16)17/h2-11,20H,12-13H2,1H3,(H,22,23). The number of nitrogens with zero attached hydrogens (tertiary/aromatic N) is 1. The molecule has 0 fully saturated rings. The summed E-state index contributed by atoms with van der Waals surface area (Å²) in [6.45, 7) is 0.348. The number of rotatable bonds is 6. The van der Waals surface area contributed by atoms with Crippen LogP contribution in [0.4, 0.5) is 0 Å². The Kier molecular flexibility index (Phi) is 5.29. The molecule has 3 rings (SSSR count). The minimum Gasteiger partial charge on any atom is -0.348 e. The van der Waals surface area contributed by atoms with E-state index in [1.807, 2.05) is 36.4 Å². The van der Waals surface area contributed by atoms with E-state index in [0.717, 1.165) is 10.9 Å². The lowest BCUT2D eigenvalue weighted by molar-refractivity contribution is 0.0952. The zero-order valence-corrected chi connectivity index (χ0v) is 15.1. The van der Waals surface area contributed by atoms with Gasteiger partial charge in [0.25, 0.3) is 5.91 Å². The van der Waals surface area contributed by atoms with Gasteiger partial charge in [-0.3, -0.25) is 9.78 Å². The summed E-state index contributed by atoms with van der Waals surface area (Å²) in [5.74, 6) is -0.270. The van der Waals surface area contributed by atoms with Crippen LogP contribution >= 0.6 is 0 Å². The van der Waals surface area contributed by atoms with Crippen molar-refractivity contribution in [3.63, 3.8) is 0 Å². The van der Waals surface area contributed by atoms with E-state index in [9.17, 15) is 13.2 Å². The van der Waals surface area contributed by atoms with Crippen LogP contribution < -0.4 is 10.0 Å². The van der Waals surface area contributed by atoms with Crippen LogP contribution in [0.2, 0.25) is 0 Å². The van der Waals surface area contributed by atoms with Gasteiger partial charge in [0.15, 0.2) is 0 Å². The molecule has 0 aliphatic heterocycles. The van der Waals surface area contributed by atoms with Crippen molar-refractivity contribution < 1.29 is 13.2 Å². The first kappa shape index (κ1) is 18.0. The first-order valence-electron chi connectivity index (χ1n) is 8.09. The van der Waals surface area contributed by atoms with Crippen LogP contribution in [-0.2, 0) is 22.3 Å². The van der Waals surface area contributed by atoms with Crippen LogP contribution in [0.3, 0.4) is 0 Å². The van der Waals surface area contributed by atoms with E-state index >= 15 is 0 Å². The van der Waals surface area contributed by atoms with Crippen molar-refractivity contribution in [1.29, 1.82) is 0 Å². The smallest absolute Gasteiger partial charge is 0.253 e. The normalized spacial score (nSPS) is 11.4. The summed E-state index contributed by atoms with van der Waals surface area (Å²) >= 11 is 0. The molecular formula is C19H19N3O3S. The molecule has 6 nitrogen and oxygen atoms in total. The number of fused-ring (bicyclic) bond motifs is 1. The van der Waals surface area contributed by atoms with Crippen molar-refractivity contribution in [3.05, 3.63) is 77.5 Å². The average Bonchev–Trinajstić information content (AvgIpc) is 2.66. The Bertz CT molecular complexity index is 1030. The molecule has 1 aromatic heterocycles. The predicted octanol–water partition coefficient (Wildman–Crippen LogP) is 2.21. The van der Waals surface area contributed by atoms with Crippen LogP contribution in [0.1, 0.15) is 21.5 Å². The van der Waals surface area contributed by atoms with Crippen LogP contribution in [0.15, 0.2) is 60.8 Å². The predicted molar refractivity (Wildman–Crippen MR) is 101 cm³/mol. The van der Waals surface area contributed by atoms with Crippen LogP contribution in [0.25, 0.3) is 10.9 Å². The summed E-state index contributed by atoms with van der Waals surface area (Å²) in [7, 11) is -1.90. The molecule has 2 N–H and O–H groups in total. The number of nitrogens with one attached hydrogen (secondary N) is 2. The number of carbonyl (C=O) groups excluding carboxylic acids is 1. The summed E-state index contributed by atoms with van der Waals surface area (Å²) in [6, 6.07) is 16.3. The molecule has 0 unspecified atom stereocenters. The third-order valence-electron chi connectivity index (χ3n) is 4.02. The molecule has 26 heavy (non-hydrogen) atoms. The first-order chi connectivity index (χ1) is 12.5. The van der Waals surface area contributed by atoms with E-state index in [1.165, 1.54) is 7.05 Å². The maximum Gasteiger partial charge on any atom is 0.253 e. The van der Waals surface area contributed by atoms with Crippen molar-refractivity contribution in [2.45, 2.75) is 12.3 Å². The zero-order valence-electron chi connectivity index (χ0n) is 14.3. The molecular weight excluding hydrogens is 350 g/mol. The molecule has 0 bridgehead atoms. The fourth-order valence-corrected chi connectivity index (χ4v) is 3.39. The highest BCUT2D eigenvalue weighted by atomic mass is 32.2. The van der Waals surface area contributed by atoms with Crippen LogP contribution in [0, 0.1) is 0 Å². The highest BCUT2D eigenvalue weighted by Crippen LogP contribution is 2.16. The third kappa shape index (κ3) is 4.25. The molecule has 134 valence electrons. The molecule has 0 saturated carbocycles. The Morgan fingerprint density at radius 2 is 1.69 bits per heavy atom. The summed E-state index contributed by atoms with van der Waals surface area (Å²) in [5, 5.41) is 3.79. The lowest BCUT2D eigenvalue weighted by Gasteiger charge is -2.08. The second-order valence-electron chi connectivity index (χ2n) is 5.84. The minimum absolute atomic E-state index is 0.0716.